The average molecular weight is 407 g/mol. The van der Waals surface area contributed by atoms with Crippen molar-refractivity contribution in [1.82, 2.24) is 15.2 Å². The van der Waals surface area contributed by atoms with Crippen molar-refractivity contribution in [3.05, 3.63) is 17.3 Å². The number of nitrogens with one attached hydrogen (secondary N) is 1. The van der Waals surface area contributed by atoms with Gasteiger partial charge in [0.05, 0.1) is 12.2 Å². The molecule has 2 atom stereocenters. The van der Waals surface area contributed by atoms with E-state index in [1.165, 1.54) is 0 Å². The summed E-state index contributed by atoms with van der Waals surface area (Å²) in [4.78, 5) is 19.0. The minimum atomic E-state index is 0. The Morgan fingerprint density at radius 2 is 1.92 bits per heavy atom. The van der Waals surface area contributed by atoms with E-state index < -0.39 is 0 Å². The number of amides is 1. The van der Waals surface area contributed by atoms with Crippen molar-refractivity contribution in [1.29, 1.82) is 0 Å². The van der Waals surface area contributed by atoms with Gasteiger partial charge in [-0.1, -0.05) is 0 Å². The summed E-state index contributed by atoms with van der Waals surface area (Å²) < 4.78 is 5.67. The van der Waals surface area contributed by atoms with Gasteiger partial charge in [0.2, 0.25) is 11.8 Å². The molecule has 3 rings (SSSR count). The van der Waals surface area contributed by atoms with Crippen LogP contribution in [-0.4, -0.2) is 41.5 Å². The Hall–Kier alpha value is -0.820. The number of carbonyl (C=O) groups excluding carboxylic acids is 1. The Bertz CT molecular complexity index is 554. The molecule has 3 N–H and O–H groups in total. The van der Waals surface area contributed by atoms with E-state index in [2.05, 4.69) is 15.2 Å². The average Bonchev–Trinajstić information content (AvgIpc) is 3.12. The standard InChI is InChI=1S/C18H30N4O2.2ClH/c1-12-13(2)24-17(21-12)11-22-7-5-14(6-8-22)10-20-18(23)15-3-4-16(19)9-15;;/h14-16H,3-11,19H2,1-2H3,(H,20,23);2*1H. The number of halogens is 2. The zero-order valence-corrected chi connectivity index (χ0v) is 17.3. The Labute approximate surface area is 168 Å². The van der Waals surface area contributed by atoms with Crippen molar-refractivity contribution in [3.8, 4) is 0 Å². The largest absolute Gasteiger partial charge is 0.444 e. The number of hydrogen-bond donors (Lipinski definition) is 2. The van der Waals surface area contributed by atoms with Crippen LogP contribution in [0.1, 0.15) is 49.4 Å². The van der Waals surface area contributed by atoms with Gasteiger partial charge in [0.15, 0.2) is 0 Å². The predicted octanol–water partition coefficient (Wildman–Crippen LogP) is 2.59. The molecular formula is C18H32Cl2N4O2. The molecule has 1 saturated carbocycles. The maximum atomic E-state index is 12.2. The second-order valence-electron chi connectivity index (χ2n) is 7.48. The van der Waals surface area contributed by atoms with E-state index in [-0.39, 0.29) is 42.7 Å². The second kappa shape index (κ2) is 10.5. The van der Waals surface area contributed by atoms with Crippen LogP contribution in [0.5, 0.6) is 0 Å². The molecule has 8 heteroatoms. The number of aryl methyl sites for hydroxylation is 2. The van der Waals surface area contributed by atoms with Crippen LogP contribution < -0.4 is 11.1 Å². The van der Waals surface area contributed by atoms with Crippen molar-refractivity contribution < 1.29 is 9.21 Å². The molecule has 6 nitrogen and oxygen atoms in total. The van der Waals surface area contributed by atoms with Gasteiger partial charge in [-0.05, 0) is 65.0 Å². The van der Waals surface area contributed by atoms with Crippen molar-refractivity contribution in [3.63, 3.8) is 0 Å². The Kier molecular flexibility index (Phi) is 9.38. The lowest BCUT2D eigenvalue weighted by molar-refractivity contribution is -0.125. The number of carbonyl (C=O) groups is 1. The van der Waals surface area contributed by atoms with E-state index >= 15 is 0 Å². The number of nitrogens with zero attached hydrogens (tertiary/aromatic N) is 2. The van der Waals surface area contributed by atoms with Gasteiger partial charge in [-0.25, -0.2) is 4.98 Å². The topological polar surface area (TPSA) is 84.4 Å². The summed E-state index contributed by atoms with van der Waals surface area (Å²) in [6.45, 7) is 7.60. The van der Waals surface area contributed by atoms with E-state index in [0.29, 0.717) is 5.92 Å². The summed E-state index contributed by atoms with van der Waals surface area (Å²) in [5, 5.41) is 3.15. The number of likely N-dealkylation sites (tertiary alicyclic amines) is 1. The summed E-state index contributed by atoms with van der Waals surface area (Å²) >= 11 is 0. The van der Waals surface area contributed by atoms with Gasteiger partial charge in [0, 0.05) is 18.5 Å². The molecule has 2 heterocycles. The second-order valence-corrected chi connectivity index (χ2v) is 7.48. The number of nitrogens with two attached hydrogens (primary N) is 1. The summed E-state index contributed by atoms with van der Waals surface area (Å²) in [6, 6.07) is 0.214. The molecule has 0 spiro atoms. The quantitative estimate of drug-likeness (QED) is 0.784. The fourth-order valence-corrected chi connectivity index (χ4v) is 3.79. The first-order chi connectivity index (χ1) is 11.5. The van der Waals surface area contributed by atoms with Crippen molar-refractivity contribution in [2.75, 3.05) is 19.6 Å². The molecule has 1 amide bonds. The maximum Gasteiger partial charge on any atom is 0.223 e. The highest BCUT2D eigenvalue weighted by atomic mass is 35.5. The van der Waals surface area contributed by atoms with Gasteiger partial charge < -0.3 is 15.5 Å². The minimum absolute atomic E-state index is 0. The lowest BCUT2D eigenvalue weighted by atomic mass is 9.96. The van der Waals surface area contributed by atoms with Crippen molar-refractivity contribution >= 4 is 30.7 Å². The maximum absolute atomic E-state index is 12.2. The lowest BCUT2D eigenvalue weighted by Crippen LogP contribution is -2.39. The van der Waals surface area contributed by atoms with Gasteiger partial charge in [-0.2, -0.15) is 0 Å². The first-order valence-electron chi connectivity index (χ1n) is 9.20. The van der Waals surface area contributed by atoms with Gasteiger partial charge in [0.1, 0.15) is 5.76 Å². The third-order valence-electron chi connectivity index (χ3n) is 5.55. The summed E-state index contributed by atoms with van der Waals surface area (Å²) in [6.07, 6.45) is 5.00. The molecule has 2 unspecified atom stereocenters. The Morgan fingerprint density at radius 3 is 2.46 bits per heavy atom. The molecule has 2 aliphatic rings. The van der Waals surface area contributed by atoms with Crippen LogP contribution in [0, 0.1) is 25.7 Å². The zero-order valence-electron chi connectivity index (χ0n) is 15.7. The molecule has 26 heavy (non-hydrogen) atoms. The van der Waals surface area contributed by atoms with Gasteiger partial charge in [-0.3, -0.25) is 9.69 Å². The van der Waals surface area contributed by atoms with E-state index in [1.54, 1.807) is 0 Å². The van der Waals surface area contributed by atoms with Crippen LogP contribution in [0.4, 0.5) is 0 Å². The molecule has 150 valence electrons. The van der Waals surface area contributed by atoms with Crippen LogP contribution >= 0.6 is 24.8 Å². The Morgan fingerprint density at radius 1 is 1.23 bits per heavy atom. The summed E-state index contributed by atoms with van der Waals surface area (Å²) in [7, 11) is 0. The number of hydrogen-bond acceptors (Lipinski definition) is 5. The smallest absolute Gasteiger partial charge is 0.223 e. The summed E-state index contributed by atoms with van der Waals surface area (Å²) in [5.41, 5.74) is 6.87. The van der Waals surface area contributed by atoms with Gasteiger partial charge in [0.25, 0.3) is 0 Å². The highest BCUT2D eigenvalue weighted by Crippen LogP contribution is 2.24. The predicted molar refractivity (Wildman–Crippen MR) is 107 cm³/mol. The molecule has 1 aromatic rings. The minimum Gasteiger partial charge on any atom is -0.444 e. The van der Waals surface area contributed by atoms with Crippen LogP contribution in [0.2, 0.25) is 0 Å². The van der Waals surface area contributed by atoms with Crippen molar-refractivity contribution in [2.24, 2.45) is 17.6 Å². The number of oxazole rings is 1. The van der Waals surface area contributed by atoms with E-state index in [0.717, 1.165) is 75.6 Å². The van der Waals surface area contributed by atoms with Gasteiger partial charge in [-0.15, -0.1) is 24.8 Å². The van der Waals surface area contributed by atoms with Crippen LogP contribution in [0.25, 0.3) is 0 Å². The molecule has 1 aliphatic heterocycles. The van der Waals surface area contributed by atoms with E-state index in [1.807, 2.05) is 13.8 Å². The first-order valence-corrected chi connectivity index (χ1v) is 9.20. The van der Waals surface area contributed by atoms with Crippen LogP contribution in [0.3, 0.4) is 0 Å². The number of rotatable bonds is 5. The number of piperidine rings is 1. The monoisotopic (exact) mass is 406 g/mol. The fourth-order valence-electron chi connectivity index (χ4n) is 3.79. The zero-order chi connectivity index (χ0) is 17.1. The number of aromatic nitrogens is 1. The molecule has 1 aromatic heterocycles. The van der Waals surface area contributed by atoms with Crippen molar-refractivity contribution in [2.45, 2.75) is 58.5 Å². The molecule has 1 saturated heterocycles. The Balaban J connectivity index is 0.00000169. The third kappa shape index (κ3) is 6.12. The lowest BCUT2D eigenvalue weighted by Gasteiger charge is -2.31. The molecule has 2 fully saturated rings. The highest BCUT2D eigenvalue weighted by molar-refractivity contribution is 5.85. The normalized spacial score (nSPS) is 24.0. The first kappa shape index (κ1) is 23.2. The highest BCUT2D eigenvalue weighted by Gasteiger charge is 2.28. The van der Waals surface area contributed by atoms with Gasteiger partial charge >= 0.3 is 0 Å². The molecular weight excluding hydrogens is 375 g/mol. The molecule has 1 aliphatic carbocycles. The van der Waals surface area contributed by atoms with E-state index in [4.69, 9.17) is 10.2 Å². The van der Waals surface area contributed by atoms with Crippen LogP contribution in [-0.2, 0) is 11.3 Å². The molecule has 0 radical (unpaired) electrons. The van der Waals surface area contributed by atoms with E-state index in [9.17, 15) is 4.79 Å². The molecule has 0 bridgehead atoms. The molecule has 0 aromatic carbocycles. The summed E-state index contributed by atoms with van der Waals surface area (Å²) in [5.74, 6) is 2.64. The van der Waals surface area contributed by atoms with Crippen LogP contribution in [0.15, 0.2) is 4.42 Å². The fraction of sp³-hybridized carbons (Fsp3) is 0.778. The SMILES string of the molecule is Cc1nc(CN2CCC(CNC(=O)C3CCC(N)C3)CC2)oc1C.Cl.Cl. The third-order valence-corrected chi connectivity index (χ3v) is 5.55.